The van der Waals surface area contributed by atoms with Crippen molar-refractivity contribution in [3.8, 4) is 5.75 Å². The molecule has 2 unspecified atom stereocenters. The van der Waals surface area contributed by atoms with E-state index in [1.807, 2.05) is 6.92 Å². The molecule has 0 spiro atoms. The lowest BCUT2D eigenvalue weighted by atomic mass is 10.0. The summed E-state index contributed by atoms with van der Waals surface area (Å²) in [5.74, 6) is 0.405. The molecule has 0 aliphatic carbocycles. The van der Waals surface area contributed by atoms with Gasteiger partial charge in [0, 0.05) is 24.2 Å². The molecule has 0 saturated carbocycles. The zero-order valence-corrected chi connectivity index (χ0v) is 11.2. The molecule has 4 heteroatoms. The molecule has 100 valence electrons. The van der Waals surface area contributed by atoms with Crippen LogP contribution in [-0.4, -0.2) is 38.2 Å². The summed E-state index contributed by atoms with van der Waals surface area (Å²) in [6, 6.07) is 5.34. The highest BCUT2D eigenvalue weighted by molar-refractivity contribution is 5.37. The molecule has 1 aliphatic heterocycles. The van der Waals surface area contributed by atoms with Crippen molar-refractivity contribution in [1.29, 1.82) is 0 Å². The van der Waals surface area contributed by atoms with Crippen molar-refractivity contribution in [2.24, 2.45) is 0 Å². The maximum absolute atomic E-state index is 13.9. The van der Waals surface area contributed by atoms with Crippen LogP contribution in [0.25, 0.3) is 0 Å². The molecular formula is C14H21FN2O. The largest absolute Gasteiger partial charge is 0.496 e. The smallest absolute Gasteiger partial charge is 0.131 e. The van der Waals surface area contributed by atoms with Gasteiger partial charge in [0.15, 0.2) is 0 Å². The van der Waals surface area contributed by atoms with Gasteiger partial charge >= 0.3 is 0 Å². The summed E-state index contributed by atoms with van der Waals surface area (Å²) in [5.41, 5.74) is 0.620. The number of likely N-dealkylation sites (N-methyl/N-ethyl adjacent to an activating group) is 1. The third kappa shape index (κ3) is 2.82. The molecule has 0 radical (unpaired) electrons. The predicted molar refractivity (Wildman–Crippen MR) is 70.4 cm³/mol. The number of halogens is 1. The minimum absolute atomic E-state index is 0.0438. The van der Waals surface area contributed by atoms with E-state index in [0.717, 1.165) is 19.5 Å². The molecule has 2 atom stereocenters. The first kappa shape index (κ1) is 13.3. The van der Waals surface area contributed by atoms with Crippen LogP contribution < -0.4 is 10.1 Å². The van der Waals surface area contributed by atoms with Crippen molar-refractivity contribution >= 4 is 0 Å². The number of rotatable bonds is 4. The Labute approximate surface area is 108 Å². The van der Waals surface area contributed by atoms with E-state index in [0.29, 0.717) is 17.4 Å². The SMILES string of the molecule is COc1cccc(F)c1C(C)NC1CCN(C)C1. The summed E-state index contributed by atoms with van der Waals surface area (Å²) in [5, 5.41) is 3.48. The monoisotopic (exact) mass is 252 g/mol. The molecule has 2 rings (SSSR count). The maximum atomic E-state index is 13.9. The molecule has 1 aliphatic rings. The minimum Gasteiger partial charge on any atom is -0.496 e. The summed E-state index contributed by atoms with van der Waals surface area (Å²) in [4.78, 5) is 2.28. The quantitative estimate of drug-likeness (QED) is 0.889. The molecule has 0 bridgehead atoms. The van der Waals surface area contributed by atoms with Gasteiger partial charge in [-0.25, -0.2) is 4.39 Å². The average molecular weight is 252 g/mol. The van der Waals surface area contributed by atoms with E-state index < -0.39 is 0 Å². The number of hydrogen-bond acceptors (Lipinski definition) is 3. The van der Waals surface area contributed by atoms with Gasteiger partial charge in [-0.1, -0.05) is 6.07 Å². The molecule has 1 aromatic carbocycles. The highest BCUT2D eigenvalue weighted by Crippen LogP contribution is 2.28. The van der Waals surface area contributed by atoms with Crippen LogP contribution in [0.3, 0.4) is 0 Å². The van der Waals surface area contributed by atoms with Crippen molar-refractivity contribution in [2.75, 3.05) is 27.2 Å². The van der Waals surface area contributed by atoms with Crippen LogP contribution in [-0.2, 0) is 0 Å². The van der Waals surface area contributed by atoms with Crippen LogP contribution in [0.5, 0.6) is 5.75 Å². The van der Waals surface area contributed by atoms with Gasteiger partial charge in [-0.15, -0.1) is 0 Å². The van der Waals surface area contributed by atoms with Crippen molar-refractivity contribution in [3.63, 3.8) is 0 Å². The minimum atomic E-state index is -0.208. The highest BCUT2D eigenvalue weighted by atomic mass is 19.1. The van der Waals surface area contributed by atoms with Crippen molar-refractivity contribution in [2.45, 2.75) is 25.4 Å². The first-order valence-corrected chi connectivity index (χ1v) is 6.38. The number of nitrogens with one attached hydrogen (secondary N) is 1. The molecule has 0 amide bonds. The molecule has 18 heavy (non-hydrogen) atoms. The van der Waals surface area contributed by atoms with Gasteiger partial charge in [0.25, 0.3) is 0 Å². The van der Waals surface area contributed by atoms with Crippen LogP contribution in [0.1, 0.15) is 24.9 Å². The fourth-order valence-corrected chi connectivity index (χ4v) is 2.62. The molecule has 1 heterocycles. The first-order valence-electron chi connectivity index (χ1n) is 6.38. The van der Waals surface area contributed by atoms with Crippen molar-refractivity contribution in [3.05, 3.63) is 29.6 Å². The van der Waals surface area contributed by atoms with E-state index in [-0.39, 0.29) is 11.9 Å². The Bertz CT molecular complexity index is 411. The van der Waals surface area contributed by atoms with Crippen molar-refractivity contribution in [1.82, 2.24) is 10.2 Å². The molecular weight excluding hydrogens is 231 g/mol. The van der Waals surface area contributed by atoms with Crippen LogP contribution in [0.2, 0.25) is 0 Å². The summed E-state index contributed by atoms with van der Waals surface area (Å²) >= 11 is 0. The Morgan fingerprint density at radius 3 is 2.89 bits per heavy atom. The third-order valence-corrected chi connectivity index (χ3v) is 3.54. The fourth-order valence-electron chi connectivity index (χ4n) is 2.62. The number of likely N-dealkylation sites (tertiary alicyclic amines) is 1. The number of nitrogens with zero attached hydrogens (tertiary/aromatic N) is 1. The van der Waals surface area contributed by atoms with Crippen LogP contribution in [0.15, 0.2) is 18.2 Å². The standard InChI is InChI=1S/C14H21FN2O/c1-10(16-11-7-8-17(2)9-11)14-12(15)5-4-6-13(14)18-3/h4-6,10-11,16H,7-9H2,1-3H3. The molecule has 1 fully saturated rings. The fraction of sp³-hybridized carbons (Fsp3) is 0.571. The average Bonchev–Trinajstić information content (AvgIpc) is 2.74. The Kier molecular flexibility index (Phi) is 4.19. The normalized spacial score (nSPS) is 22.1. The van der Waals surface area contributed by atoms with Gasteiger partial charge in [-0.3, -0.25) is 0 Å². The number of methoxy groups -OCH3 is 1. The van der Waals surface area contributed by atoms with E-state index in [1.165, 1.54) is 6.07 Å². The highest BCUT2D eigenvalue weighted by Gasteiger charge is 2.23. The van der Waals surface area contributed by atoms with E-state index in [1.54, 1.807) is 19.2 Å². The summed E-state index contributed by atoms with van der Waals surface area (Å²) in [6.45, 7) is 4.10. The zero-order valence-electron chi connectivity index (χ0n) is 11.2. The number of ether oxygens (including phenoxy) is 1. The first-order chi connectivity index (χ1) is 8.61. The second-order valence-corrected chi connectivity index (χ2v) is 4.99. The van der Waals surface area contributed by atoms with Gasteiger partial charge in [-0.2, -0.15) is 0 Å². The van der Waals surface area contributed by atoms with E-state index in [4.69, 9.17) is 4.74 Å². The van der Waals surface area contributed by atoms with Gasteiger partial charge < -0.3 is 15.0 Å². The van der Waals surface area contributed by atoms with Crippen LogP contribution in [0.4, 0.5) is 4.39 Å². The molecule has 3 nitrogen and oxygen atoms in total. The predicted octanol–water partition coefficient (Wildman–Crippen LogP) is 2.19. The van der Waals surface area contributed by atoms with Gasteiger partial charge in [0.1, 0.15) is 11.6 Å². The summed E-state index contributed by atoms with van der Waals surface area (Å²) in [6.07, 6.45) is 1.11. The lowest BCUT2D eigenvalue weighted by Crippen LogP contribution is -2.34. The number of hydrogen-bond donors (Lipinski definition) is 1. The van der Waals surface area contributed by atoms with Crippen LogP contribution in [0, 0.1) is 5.82 Å². The Hall–Kier alpha value is -1.13. The topological polar surface area (TPSA) is 24.5 Å². The third-order valence-electron chi connectivity index (χ3n) is 3.54. The molecule has 1 aromatic rings. The van der Waals surface area contributed by atoms with Gasteiger partial charge in [0.2, 0.25) is 0 Å². The van der Waals surface area contributed by atoms with E-state index >= 15 is 0 Å². The second kappa shape index (κ2) is 5.67. The molecule has 1 saturated heterocycles. The molecule has 0 aromatic heterocycles. The number of benzene rings is 1. The maximum Gasteiger partial charge on any atom is 0.131 e. The Morgan fingerprint density at radius 1 is 1.50 bits per heavy atom. The lowest BCUT2D eigenvalue weighted by molar-refractivity contribution is 0.370. The Balaban J connectivity index is 2.10. The zero-order chi connectivity index (χ0) is 13.1. The van der Waals surface area contributed by atoms with Gasteiger partial charge in [-0.05, 0) is 39.1 Å². The summed E-state index contributed by atoms with van der Waals surface area (Å²) in [7, 11) is 3.68. The van der Waals surface area contributed by atoms with Crippen LogP contribution >= 0.6 is 0 Å². The van der Waals surface area contributed by atoms with Gasteiger partial charge in [0.05, 0.1) is 7.11 Å². The summed E-state index contributed by atoms with van der Waals surface area (Å²) < 4.78 is 19.2. The lowest BCUT2D eigenvalue weighted by Gasteiger charge is -2.22. The second-order valence-electron chi connectivity index (χ2n) is 4.99. The van der Waals surface area contributed by atoms with Crippen molar-refractivity contribution < 1.29 is 9.13 Å². The Morgan fingerprint density at radius 2 is 2.28 bits per heavy atom. The molecule has 1 N–H and O–H groups in total. The van der Waals surface area contributed by atoms with E-state index in [9.17, 15) is 4.39 Å². The van der Waals surface area contributed by atoms with E-state index in [2.05, 4.69) is 17.3 Å².